The molecular formula is C23H21ClN4O4. The van der Waals surface area contributed by atoms with Gasteiger partial charge in [-0.25, -0.2) is 0 Å². The van der Waals surface area contributed by atoms with Crippen LogP contribution in [-0.2, 0) is 0 Å². The molecule has 164 valence electrons. The first-order chi connectivity index (χ1) is 15.5. The number of rotatable bonds is 9. The molecule has 9 heteroatoms. The summed E-state index contributed by atoms with van der Waals surface area (Å²) in [6.45, 7) is 1.04. The molecule has 0 bridgehead atoms. The number of nitro groups is 1. The highest BCUT2D eigenvalue weighted by atomic mass is 35.5. The molecule has 2 amide bonds. The lowest BCUT2D eigenvalue weighted by atomic mass is 10.1. The Balaban J connectivity index is 1.24. The van der Waals surface area contributed by atoms with Crippen molar-refractivity contribution in [3.63, 3.8) is 0 Å². The minimum atomic E-state index is -0.624. The largest absolute Gasteiger partial charge is 0.384 e. The van der Waals surface area contributed by atoms with Gasteiger partial charge in [0.05, 0.1) is 16.0 Å². The quantitative estimate of drug-likeness (QED) is 0.210. The number of nitrogens with zero attached hydrogens (tertiary/aromatic N) is 3. The van der Waals surface area contributed by atoms with E-state index in [1.54, 1.807) is 6.20 Å². The Morgan fingerprint density at radius 3 is 2.66 bits per heavy atom. The third kappa shape index (κ3) is 4.27. The van der Waals surface area contributed by atoms with Crippen LogP contribution in [0.1, 0.15) is 46.4 Å². The monoisotopic (exact) mass is 452 g/mol. The van der Waals surface area contributed by atoms with Crippen molar-refractivity contribution in [1.29, 1.82) is 0 Å². The number of nitrogens with one attached hydrogen (secondary N) is 1. The molecule has 1 N–H and O–H groups in total. The van der Waals surface area contributed by atoms with E-state index in [0.717, 1.165) is 47.3 Å². The standard InChI is InChI=1S/C23H21ClN4O4/c24-15-8-9-16-18(10-12-26-19(16)14-15)25-11-3-1-2-4-13-27-22(29)17-6-5-7-20(28(31)32)21(17)23(27)30/h5-10,12,14H,1-4,11,13H2,(H,25,26). The number of pyridine rings is 1. The first-order valence-electron chi connectivity index (χ1n) is 10.4. The Morgan fingerprint density at radius 1 is 1.03 bits per heavy atom. The number of unbranched alkanes of at least 4 members (excludes halogenated alkanes) is 3. The van der Waals surface area contributed by atoms with Crippen LogP contribution in [-0.4, -0.2) is 39.7 Å². The van der Waals surface area contributed by atoms with Crippen LogP contribution in [0.15, 0.2) is 48.7 Å². The number of hydrogen-bond acceptors (Lipinski definition) is 6. The van der Waals surface area contributed by atoms with Crippen molar-refractivity contribution in [2.24, 2.45) is 0 Å². The van der Waals surface area contributed by atoms with E-state index in [1.807, 2.05) is 24.3 Å². The summed E-state index contributed by atoms with van der Waals surface area (Å²) >= 11 is 6.02. The van der Waals surface area contributed by atoms with Gasteiger partial charge in [0.1, 0.15) is 5.56 Å². The number of benzene rings is 2. The van der Waals surface area contributed by atoms with Gasteiger partial charge in [0.25, 0.3) is 17.5 Å². The molecule has 8 nitrogen and oxygen atoms in total. The van der Waals surface area contributed by atoms with Crippen LogP contribution in [0.4, 0.5) is 11.4 Å². The van der Waals surface area contributed by atoms with E-state index < -0.39 is 16.7 Å². The molecule has 2 heterocycles. The summed E-state index contributed by atoms with van der Waals surface area (Å²) in [5.41, 5.74) is 1.53. The summed E-state index contributed by atoms with van der Waals surface area (Å²) in [7, 11) is 0. The number of aromatic nitrogens is 1. The summed E-state index contributed by atoms with van der Waals surface area (Å²) < 4.78 is 0. The van der Waals surface area contributed by atoms with Crippen molar-refractivity contribution in [1.82, 2.24) is 9.88 Å². The summed E-state index contributed by atoms with van der Waals surface area (Å²) in [6, 6.07) is 11.7. The maximum Gasteiger partial charge on any atom is 0.282 e. The molecule has 0 atom stereocenters. The highest BCUT2D eigenvalue weighted by molar-refractivity contribution is 6.31. The smallest absolute Gasteiger partial charge is 0.282 e. The Kier molecular flexibility index (Phi) is 6.32. The van der Waals surface area contributed by atoms with E-state index in [-0.39, 0.29) is 23.4 Å². The van der Waals surface area contributed by atoms with Crippen LogP contribution in [0, 0.1) is 10.1 Å². The molecule has 1 aromatic heterocycles. The maximum atomic E-state index is 12.6. The lowest BCUT2D eigenvalue weighted by Gasteiger charge is -2.13. The number of hydrogen-bond donors (Lipinski definition) is 1. The van der Waals surface area contributed by atoms with E-state index in [0.29, 0.717) is 11.4 Å². The molecule has 1 aliphatic rings. The van der Waals surface area contributed by atoms with Crippen molar-refractivity contribution in [3.8, 4) is 0 Å². The van der Waals surface area contributed by atoms with Crippen molar-refractivity contribution in [3.05, 3.63) is 74.9 Å². The second-order valence-corrected chi connectivity index (χ2v) is 8.02. The number of carbonyl (C=O) groups is 2. The molecule has 0 saturated carbocycles. The van der Waals surface area contributed by atoms with Gasteiger partial charge in [0.15, 0.2) is 0 Å². The zero-order chi connectivity index (χ0) is 22.7. The first kappa shape index (κ1) is 21.7. The third-order valence-corrected chi connectivity index (χ3v) is 5.74. The molecule has 32 heavy (non-hydrogen) atoms. The third-order valence-electron chi connectivity index (χ3n) is 5.50. The van der Waals surface area contributed by atoms with Crippen LogP contribution < -0.4 is 5.32 Å². The molecular weight excluding hydrogens is 432 g/mol. The van der Waals surface area contributed by atoms with Gasteiger partial charge in [-0.2, -0.15) is 0 Å². The Labute approximate surface area is 189 Å². The molecule has 0 aliphatic carbocycles. The molecule has 0 spiro atoms. The molecule has 0 saturated heterocycles. The second-order valence-electron chi connectivity index (χ2n) is 7.58. The minimum absolute atomic E-state index is 0.0995. The summed E-state index contributed by atoms with van der Waals surface area (Å²) in [5.74, 6) is -1.04. The zero-order valence-corrected chi connectivity index (χ0v) is 18.0. The van der Waals surface area contributed by atoms with E-state index in [2.05, 4.69) is 10.3 Å². The summed E-state index contributed by atoms with van der Waals surface area (Å²) in [5, 5.41) is 16.3. The Bertz CT molecular complexity index is 1210. The number of nitro benzene ring substituents is 1. The molecule has 4 rings (SSSR count). The van der Waals surface area contributed by atoms with Crippen LogP contribution in [0.5, 0.6) is 0 Å². The molecule has 3 aromatic rings. The summed E-state index contributed by atoms with van der Waals surface area (Å²) in [6.07, 6.45) is 5.07. The number of imide groups is 1. The molecule has 0 fully saturated rings. The van der Waals surface area contributed by atoms with E-state index in [1.165, 1.54) is 18.2 Å². The van der Waals surface area contributed by atoms with Crippen molar-refractivity contribution >= 4 is 45.7 Å². The van der Waals surface area contributed by atoms with Crippen molar-refractivity contribution in [2.45, 2.75) is 25.7 Å². The van der Waals surface area contributed by atoms with Crippen LogP contribution >= 0.6 is 11.6 Å². The predicted molar refractivity (Wildman–Crippen MR) is 122 cm³/mol. The van der Waals surface area contributed by atoms with Gasteiger partial charge in [0, 0.05) is 41.4 Å². The molecule has 0 unspecified atom stereocenters. The second kappa shape index (κ2) is 9.32. The van der Waals surface area contributed by atoms with Gasteiger partial charge in [-0.15, -0.1) is 0 Å². The highest BCUT2D eigenvalue weighted by Crippen LogP contribution is 2.31. The van der Waals surface area contributed by atoms with Gasteiger partial charge >= 0.3 is 0 Å². The average molecular weight is 453 g/mol. The number of halogens is 1. The van der Waals surface area contributed by atoms with E-state index in [9.17, 15) is 19.7 Å². The number of carbonyl (C=O) groups excluding carboxylic acids is 2. The van der Waals surface area contributed by atoms with E-state index in [4.69, 9.17) is 11.6 Å². The van der Waals surface area contributed by atoms with Gasteiger partial charge in [-0.05, 0) is 43.2 Å². The average Bonchev–Trinajstić information content (AvgIpc) is 3.02. The van der Waals surface area contributed by atoms with Crippen molar-refractivity contribution < 1.29 is 14.5 Å². The highest BCUT2D eigenvalue weighted by Gasteiger charge is 2.40. The van der Waals surface area contributed by atoms with E-state index >= 15 is 0 Å². The van der Waals surface area contributed by atoms with Crippen molar-refractivity contribution in [2.75, 3.05) is 18.4 Å². The van der Waals surface area contributed by atoms with Gasteiger partial charge in [-0.1, -0.05) is 30.5 Å². The first-order valence-corrected chi connectivity index (χ1v) is 10.8. The number of fused-ring (bicyclic) bond motifs is 2. The Morgan fingerprint density at radius 2 is 1.84 bits per heavy atom. The van der Waals surface area contributed by atoms with Crippen LogP contribution in [0.25, 0.3) is 10.9 Å². The predicted octanol–water partition coefficient (Wildman–Crippen LogP) is 5.06. The van der Waals surface area contributed by atoms with Crippen LogP contribution in [0.2, 0.25) is 5.02 Å². The lowest BCUT2D eigenvalue weighted by Crippen LogP contribution is -2.30. The zero-order valence-electron chi connectivity index (χ0n) is 17.2. The fraction of sp³-hybridized carbons (Fsp3) is 0.261. The minimum Gasteiger partial charge on any atom is -0.384 e. The van der Waals surface area contributed by atoms with Crippen LogP contribution in [0.3, 0.4) is 0 Å². The van der Waals surface area contributed by atoms with Gasteiger partial charge in [-0.3, -0.25) is 29.6 Å². The molecule has 0 radical (unpaired) electrons. The van der Waals surface area contributed by atoms with Gasteiger partial charge < -0.3 is 5.32 Å². The topological polar surface area (TPSA) is 105 Å². The number of amides is 2. The normalized spacial score (nSPS) is 13.0. The molecule has 1 aliphatic heterocycles. The maximum absolute atomic E-state index is 12.6. The lowest BCUT2D eigenvalue weighted by molar-refractivity contribution is -0.385. The Hall–Kier alpha value is -3.52. The number of anilines is 1. The SMILES string of the molecule is O=C1c2cccc([N+](=O)[O-])c2C(=O)N1CCCCCCNc1ccnc2cc(Cl)ccc12. The summed E-state index contributed by atoms with van der Waals surface area (Å²) in [4.78, 5) is 41.1. The fourth-order valence-corrected chi connectivity index (χ4v) is 4.08. The van der Waals surface area contributed by atoms with Gasteiger partial charge in [0.2, 0.25) is 0 Å². The fourth-order valence-electron chi connectivity index (χ4n) is 3.92. The molecule has 2 aromatic carbocycles.